The first-order valence-corrected chi connectivity index (χ1v) is 11.4. The number of primary amides is 1. The minimum atomic E-state index is -0.932. The Bertz CT molecular complexity index is 506. The first-order chi connectivity index (χ1) is 14.4. The van der Waals surface area contributed by atoms with Crippen molar-refractivity contribution in [1.29, 1.82) is 0 Å². The van der Waals surface area contributed by atoms with E-state index in [1.165, 1.54) is 0 Å². The van der Waals surface area contributed by atoms with Crippen LogP contribution in [0.3, 0.4) is 0 Å². The van der Waals surface area contributed by atoms with E-state index in [1.807, 2.05) is 12.2 Å². The minimum absolute atomic E-state index is 0.0541. The lowest BCUT2D eigenvalue weighted by Crippen LogP contribution is -2.31. The molecule has 2 atom stereocenters. The Hall–Kier alpha value is -1.89. The van der Waals surface area contributed by atoms with Crippen LogP contribution in [-0.4, -0.2) is 40.3 Å². The van der Waals surface area contributed by atoms with Crippen LogP contribution in [0.4, 0.5) is 0 Å². The van der Waals surface area contributed by atoms with E-state index in [0.717, 1.165) is 57.8 Å². The molecule has 0 aromatic carbocycles. The number of hydrogen-bond acceptors (Lipinski definition) is 5. The van der Waals surface area contributed by atoms with Crippen LogP contribution in [0, 0.1) is 0 Å². The molecule has 0 aliphatic carbocycles. The van der Waals surface area contributed by atoms with Crippen molar-refractivity contribution < 1.29 is 29.3 Å². The fraction of sp³-hybridized carbons (Fsp3) is 0.783. The van der Waals surface area contributed by atoms with E-state index in [9.17, 15) is 19.5 Å². The van der Waals surface area contributed by atoms with Gasteiger partial charge in [0, 0.05) is 19.3 Å². The molecule has 2 unspecified atom stereocenters. The van der Waals surface area contributed by atoms with E-state index in [0.29, 0.717) is 19.3 Å². The maximum atomic E-state index is 12.0. The number of carbonyl (C=O) groups excluding carboxylic acids is 2. The quantitative estimate of drug-likeness (QED) is 0.151. The highest BCUT2D eigenvalue weighted by Crippen LogP contribution is 2.16. The molecule has 7 nitrogen and oxygen atoms in total. The number of aliphatic hydroxyl groups excluding tert-OH is 1. The molecule has 4 N–H and O–H groups in total. The lowest BCUT2D eigenvalue weighted by Gasteiger charge is -2.22. The van der Waals surface area contributed by atoms with Crippen molar-refractivity contribution in [3.63, 3.8) is 0 Å². The summed E-state index contributed by atoms with van der Waals surface area (Å²) in [6.45, 7) is 2.09. The highest BCUT2D eigenvalue weighted by molar-refractivity contribution is 5.73. The molecule has 0 saturated heterocycles. The number of amides is 1. The lowest BCUT2D eigenvalue weighted by molar-refractivity contribution is -0.155. The van der Waals surface area contributed by atoms with Gasteiger partial charge in [-0.2, -0.15) is 0 Å². The molecule has 0 fully saturated rings. The van der Waals surface area contributed by atoms with Crippen LogP contribution in [-0.2, 0) is 19.1 Å². The van der Waals surface area contributed by atoms with Gasteiger partial charge in [0.15, 0.2) is 0 Å². The molecule has 0 aliphatic rings. The summed E-state index contributed by atoms with van der Waals surface area (Å²) in [5.74, 6) is -1.62. The average molecular weight is 428 g/mol. The molecule has 0 saturated carbocycles. The first-order valence-electron chi connectivity index (χ1n) is 11.4. The maximum absolute atomic E-state index is 12.0. The summed E-state index contributed by atoms with van der Waals surface area (Å²) >= 11 is 0. The molecule has 7 heteroatoms. The number of carbonyl (C=O) groups is 3. The summed E-state index contributed by atoms with van der Waals surface area (Å²) in [5, 5.41) is 19.1. The molecule has 1 amide bonds. The van der Waals surface area contributed by atoms with Gasteiger partial charge < -0.3 is 20.7 Å². The molecule has 0 bridgehead atoms. The Morgan fingerprint density at radius 2 is 1.60 bits per heavy atom. The number of rotatable bonds is 20. The topological polar surface area (TPSA) is 127 Å². The lowest BCUT2D eigenvalue weighted by atomic mass is 10.0. The third-order valence-corrected chi connectivity index (χ3v) is 4.91. The summed E-state index contributed by atoms with van der Waals surface area (Å²) in [6.07, 6.45) is 13.4. The first kappa shape index (κ1) is 28.1. The molecule has 30 heavy (non-hydrogen) atoms. The van der Waals surface area contributed by atoms with Crippen LogP contribution in [0.25, 0.3) is 0 Å². The smallest absolute Gasteiger partial charge is 0.306 e. The van der Waals surface area contributed by atoms with Gasteiger partial charge in [-0.1, -0.05) is 51.2 Å². The van der Waals surface area contributed by atoms with Crippen molar-refractivity contribution in [3.8, 4) is 0 Å². The van der Waals surface area contributed by atoms with Gasteiger partial charge in [0.05, 0.1) is 6.10 Å². The SMILES string of the molecule is CCCCCC(OC(=O)CCCC(=O)O)C(O)C/C=C\CCCCCCCC(N)=O. The number of aliphatic carboxylic acids is 1. The molecule has 0 spiro atoms. The third kappa shape index (κ3) is 18.2. The Labute approximate surface area is 181 Å². The van der Waals surface area contributed by atoms with Gasteiger partial charge in [-0.3, -0.25) is 14.4 Å². The summed E-state index contributed by atoms with van der Waals surface area (Å²) < 4.78 is 5.44. The van der Waals surface area contributed by atoms with Crippen LogP contribution in [0.2, 0.25) is 0 Å². The van der Waals surface area contributed by atoms with E-state index in [1.54, 1.807) is 0 Å². The Morgan fingerprint density at radius 1 is 0.900 bits per heavy atom. The van der Waals surface area contributed by atoms with E-state index in [-0.39, 0.29) is 25.2 Å². The molecular formula is C23H41NO6. The summed E-state index contributed by atoms with van der Waals surface area (Å²) in [7, 11) is 0. The fourth-order valence-corrected chi connectivity index (χ4v) is 3.13. The van der Waals surface area contributed by atoms with E-state index in [4.69, 9.17) is 15.6 Å². The number of carboxylic acid groups (broad SMARTS) is 1. The van der Waals surface area contributed by atoms with Gasteiger partial charge >= 0.3 is 11.9 Å². The van der Waals surface area contributed by atoms with Gasteiger partial charge in [0.2, 0.25) is 5.91 Å². The van der Waals surface area contributed by atoms with E-state index < -0.39 is 24.1 Å². The van der Waals surface area contributed by atoms with Gasteiger partial charge in [0.25, 0.3) is 0 Å². The molecule has 0 aromatic heterocycles. The summed E-state index contributed by atoms with van der Waals surface area (Å²) in [6, 6.07) is 0. The second-order valence-electron chi connectivity index (χ2n) is 7.82. The van der Waals surface area contributed by atoms with Crippen molar-refractivity contribution in [2.24, 2.45) is 5.73 Å². The van der Waals surface area contributed by atoms with Gasteiger partial charge in [-0.15, -0.1) is 0 Å². The molecule has 0 aromatic rings. The van der Waals surface area contributed by atoms with E-state index in [2.05, 4.69) is 6.92 Å². The zero-order valence-electron chi connectivity index (χ0n) is 18.5. The molecule has 0 aliphatic heterocycles. The summed E-state index contributed by atoms with van der Waals surface area (Å²) in [5.41, 5.74) is 5.11. The van der Waals surface area contributed by atoms with Gasteiger partial charge in [-0.05, 0) is 44.9 Å². The van der Waals surface area contributed by atoms with Crippen LogP contribution in [0.15, 0.2) is 12.2 Å². The zero-order valence-corrected chi connectivity index (χ0v) is 18.5. The number of allylic oxidation sites excluding steroid dienone is 1. The van der Waals surface area contributed by atoms with Crippen LogP contribution >= 0.6 is 0 Å². The number of nitrogens with two attached hydrogens (primary N) is 1. The highest BCUT2D eigenvalue weighted by Gasteiger charge is 2.22. The number of ether oxygens (including phenoxy) is 1. The van der Waals surface area contributed by atoms with E-state index >= 15 is 0 Å². The van der Waals surface area contributed by atoms with Crippen molar-refractivity contribution in [1.82, 2.24) is 0 Å². The number of hydrogen-bond donors (Lipinski definition) is 3. The van der Waals surface area contributed by atoms with Crippen LogP contribution in [0.1, 0.15) is 103 Å². The van der Waals surface area contributed by atoms with Crippen molar-refractivity contribution >= 4 is 17.8 Å². The molecule has 0 radical (unpaired) electrons. The summed E-state index contributed by atoms with van der Waals surface area (Å²) in [4.78, 5) is 33.2. The van der Waals surface area contributed by atoms with Crippen molar-refractivity contribution in [2.75, 3.05) is 0 Å². The predicted octanol–water partition coefficient (Wildman–Crippen LogP) is 4.26. The van der Waals surface area contributed by atoms with Gasteiger partial charge in [-0.25, -0.2) is 0 Å². The number of aliphatic hydroxyl groups is 1. The van der Waals surface area contributed by atoms with Crippen LogP contribution < -0.4 is 5.73 Å². The van der Waals surface area contributed by atoms with Crippen molar-refractivity contribution in [3.05, 3.63) is 12.2 Å². The third-order valence-electron chi connectivity index (χ3n) is 4.91. The fourth-order valence-electron chi connectivity index (χ4n) is 3.13. The predicted molar refractivity (Wildman–Crippen MR) is 117 cm³/mol. The minimum Gasteiger partial charge on any atom is -0.481 e. The number of unbranched alkanes of at least 4 members (excludes halogenated alkanes) is 7. The number of carboxylic acids is 1. The number of esters is 1. The Morgan fingerprint density at radius 3 is 2.27 bits per heavy atom. The molecular weight excluding hydrogens is 386 g/mol. The maximum Gasteiger partial charge on any atom is 0.306 e. The largest absolute Gasteiger partial charge is 0.481 e. The molecule has 0 rings (SSSR count). The Kier molecular flexibility index (Phi) is 17.9. The zero-order chi connectivity index (χ0) is 22.6. The average Bonchev–Trinajstić information content (AvgIpc) is 2.68. The second kappa shape index (κ2) is 19.1. The monoisotopic (exact) mass is 427 g/mol. The van der Waals surface area contributed by atoms with Crippen LogP contribution in [0.5, 0.6) is 0 Å². The highest BCUT2D eigenvalue weighted by atomic mass is 16.6. The molecule has 0 heterocycles. The Balaban J connectivity index is 4.15. The van der Waals surface area contributed by atoms with Gasteiger partial charge in [0.1, 0.15) is 6.10 Å². The second-order valence-corrected chi connectivity index (χ2v) is 7.82. The standard InChI is InChI=1S/C23H41NO6/c1-2-3-10-15-20(30-23(29)18-13-17-22(27)28)19(25)14-11-8-6-4-5-7-9-12-16-21(24)26/h8,11,19-20,25H,2-7,9-10,12-18H2,1H3,(H2,24,26)(H,27,28)/b11-8-. The molecule has 174 valence electrons. The normalized spacial score (nSPS) is 13.3. The van der Waals surface area contributed by atoms with Crippen molar-refractivity contribution in [2.45, 2.75) is 115 Å².